The molecule has 1 unspecified atom stereocenters. The maximum absolute atomic E-state index is 13.6. The molecule has 0 aromatic heterocycles. The van der Waals surface area contributed by atoms with Gasteiger partial charge < -0.3 is 9.84 Å². The van der Waals surface area contributed by atoms with Crippen molar-refractivity contribution < 1.29 is 19.4 Å². The molecule has 34 heavy (non-hydrogen) atoms. The molecule has 6 heteroatoms. The molecular formula is C28H28N2O4. The smallest absolute Gasteiger partial charge is 0.328 e. The van der Waals surface area contributed by atoms with E-state index in [4.69, 9.17) is 4.74 Å². The van der Waals surface area contributed by atoms with Gasteiger partial charge >= 0.3 is 5.97 Å². The number of aliphatic carboxylic acids is 1. The fourth-order valence-corrected chi connectivity index (χ4v) is 5.03. The molecule has 1 amide bonds. The summed E-state index contributed by atoms with van der Waals surface area (Å²) < 4.78 is 6.10. The fourth-order valence-electron chi connectivity index (χ4n) is 5.03. The third-order valence-electron chi connectivity index (χ3n) is 6.89. The monoisotopic (exact) mass is 456 g/mol. The summed E-state index contributed by atoms with van der Waals surface area (Å²) in [5.41, 5.74) is 2.90. The van der Waals surface area contributed by atoms with Gasteiger partial charge in [-0.3, -0.25) is 14.6 Å². The second kappa shape index (κ2) is 9.41. The number of carboxylic acid groups (broad SMARTS) is 1. The molecule has 0 aliphatic carbocycles. The first-order valence-electron chi connectivity index (χ1n) is 11.7. The number of likely N-dealkylation sites (tertiary alicyclic amines) is 1. The summed E-state index contributed by atoms with van der Waals surface area (Å²) in [7, 11) is 0. The van der Waals surface area contributed by atoms with Gasteiger partial charge in [0.1, 0.15) is 5.72 Å². The minimum atomic E-state index is -1.03. The van der Waals surface area contributed by atoms with Crippen LogP contribution in [-0.4, -0.2) is 58.2 Å². The number of rotatable bonds is 5. The van der Waals surface area contributed by atoms with Crippen molar-refractivity contribution in [2.24, 2.45) is 0 Å². The summed E-state index contributed by atoms with van der Waals surface area (Å²) in [5.74, 6) is -1.32. The lowest BCUT2D eigenvalue weighted by Crippen LogP contribution is -2.58. The van der Waals surface area contributed by atoms with E-state index < -0.39 is 17.7 Å². The van der Waals surface area contributed by atoms with Crippen LogP contribution in [0.1, 0.15) is 28.8 Å². The molecule has 1 atom stereocenters. The van der Waals surface area contributed by atoms with E-state index in [1.807, 2.05) is 60.7 Å². The molecule has 5 rings (SSSR count). The molecule has 3 aromatic rings. The van der Waals surface area contributed by atoms with Crippen LogP contribution in [0.4, 0.5) is 0 Å². The van der Waals surface area contributed by atoms with Gasteiger partial charge in [0.15, 0.2) is 6.04 Å². The zero-order valence-corrected chi connectivity index (χ0v) is 19.0. The largest absolute Gasteiger partial charge is 0.480 e. The molecule has 3 aromatic carbocycles. The molecule has 6 nitrogen and oxygen atoms in total. The van der Waals surface area contributed by atoms with Crippen molar-refractivity contribution >= 4 is 11.9 Å². The van der Waals surface area contributed by atoms with E-state index in [1.165, 1.54) is 10.5 Å². The molecule has 0 bridgehead atoms. The third-order valence-corrected chi connectivity index (χ3v) is 6.89. The lowest BCUT2D eigenvalue weighted by Gasteiger charge is -2.44. The summed E-state index contributed by atoms with van der Waals surface area (Å²) in [5, 5.41) is 9.85. The average molecular weight is 457 g/mol. The number of amides is 1. The Hall–Kier alpha value is -3.48. The molecule has 2 fully saturated rings. The third kappa shape index (κ3) is 4.34. The highest BCUT2D eigenvalue weighted by atomic mass is 16.5. The van der Waals surface area contributed by atoms with E-state index in [1.54, 1.807) is 12.1 Å². The minimum Gasteiger partial charge on any atom is -0.480 e. The normalized spacial score (nSPS) is 19.9. The number of ether oxygens (including phenoxy) is 1. The first kappa shape index (κ1) is 22.3. The van der Waals surface area contributed by atoms with E-state index in [0.717, 1.165) is 30.8 Å². The minimum absolute atomic E-state index is 0.0157. The first-order valence-corrected chi connectivity index (χ1v) is 11.7. The molecule has 1 spiro atoms. The standard InChI is InChI=1S/C28H28N2O4/c31-26(24-13-11-23(12-14-24)22-9-5-2-6-10-22)30-25(27(32)33)20-34-28(30)15-17-29(18-16-28)19-21-7-3-1-4-8-21/h1-14,25H,15-20H2,(H,32,33). The number of carbonyl (C=O) groups is 2. The highest BCUT2D eigenvalue weighted by molar-refractivity contribution is 5.98. The fraction of sp³-hybridized carbons (Fsp3) is 0.286. The molecule has 2 saturated heterocycles. The number of benzene rings is 3. The quantitative estimate of drug-likeness (QED) is 0.621. The lowest BCUT2D eigenvalue weighted by molar-refractivity contribution is -0.144. The van der Waals surface area contributed by atoms with Gasteiger partial charge in [0, 0.05) is 38.0 Å². The SMILES string of the molecule is O=C(O)C1COC2(CCN(Cc3ccccc3)CC2)N1C(=O)c1ccc(-c2ccccc2)cc1. The van der Waals surface area contributed by atoms with Gasteiger partial charge in [0.25, 0.3) is 5.91 Å². The first-order chi connectivity index (χ1) is 16.6. The number of piperidine rings is 1. The van der Waals surface area contributed by atoms with E-state index in [2.05, 4.69) is 17.0 Å². The Kier molecular flexibility index (Phi) is 6.18. The Labute approximate surface area is 199 Å². The van der Waals surface area contributed by atoms with E-state index >= 15 is 0 Å². The van der Waals surface area contributed by atoms with Crippen LogP contribution in [0.25, 0.3) is 11.1 Å². The Morgan fingerprint density at radius 3 is 2.06 bits per heavy atom. The van der Waals surface area contributed by atoms with Crippen molar-refractivity contribution in [1.29, 1.82) is 0 Å². The Morgan fingerprint density at radius 1 is 0.853 bits per heavy atom. The van der Waals surface area contributed by atoms with Crippen LogP contribution in [0, 0.1) is 0 Å². The van der Waals surface area contributed by atoms with Gasteiger partial charge in [0.05, 0.1) is 6.61 Å². The molecule has 0 radical (unpaired) electrons. The highest BCUT2D eigenvalue weighted by Gasteiger charge is 2.54. The van der Waals surface area contributed by atoms with Gasteiger partial charge in [-0.2, -0.15) is 0 Å². The number of hydrogen-bond donors (Lipinski definition) is 1. The van der Waals surface area contributed by atoms with Crippen molar-refractivity contribution in [3.8, 4) is 11.1 Å². The molecule has 2 heterocycles. The Morgan fingerprint density at radius 2 is 1.44 bits per heavy atom. The van der Waals surface area contributed by atoms with Gasteiger partial charge in [-0.05, 0) is 28.8 Å². The van der Waals surface area contributed by atoms with Crippen LogP contribution in [0.15, 0.2) is 84.9 Å². The maximum Gasteiger partial charge on any atom is 0.328 e. The number of nitrogens with zero attached hydrogens (tertiary/aromatic N) is 2. The molecule has 0 saturated carbocycles. The summed E-state index contributed by atoms with van der Waals surface area (Å²) in [6.07, 6.45) is 1.16. The lowest BCUT2D eigenvalue weighted by atomic mass is 9.96. The predicted octanol–water partition coefficient (Wildman–Crippen LogP) is 4.27. The van der Waals surface area contributed by atoms with Crippen molar-refractivity contribution in [1.82, 2.24) is 9.80 Å². The zero-order chi connectivity index (χ0) is 23.5. The molecule has 2 aliphatic rings. The topological polar surface area (TPSA) is 70.1 Å². The van der Waals surface area contributed by atoms with Gasteiger partial charge in [-0.15, -0.1) is 0 Å². The number of carbonyl (C=O) groups excluding carboxylic acids is 1. The predicted molar refractivity (Wildman–Crippen MR) is 129 cm³/mol. The Bertz CT molecular complexity index is 1140. The van der Waals surface area contributed by atoms with Crippen molar-refractivity contribution in [2.75, 3.05) is 19.7 Å². The van der Waals surface area contributed by atoms with Crippen LogP contribution >= 0.6 is 0 Å². The molecule has 2 aliphatic heterocycles. The second-order valence-electron chi connectivity index (χ2n) is 8.99. The van der Waals surface area contributed by atoms with E-state index in [9.17, 15) is 14.7 Å². The van der Waals surface area contributed by atoms with Gasteiger partial charge in [0.2, 0.25) is 0 Å². The van der Waals surface area contributed by atoms with Crippen LogP contribution in [0.5, 0.6) is 0 Å². The summed E-state index contributed by atoms with van der Waals surface area (Å²) in [6, 6.07) is 26.6. The number of carboxylic acids is 1. The second-order valence-corrected chi connectivity index (χ2v) is 8.99. The van der Waals surface area contributed by atoms with Crippen LogP contribution in [-0.2, 0) is 16.1 Å². The molecule has 1 N–H and O–H groups in total. The van der Waals surface area contributed by atoms with Crippen LogP contribution < -0.4 is 0 Å². The van der Waals surface area contributed by atoms with Gasteiger partial charge in [-0.25, -0.2) is 4.79 Å². The summed E-state index contributed by atoms with van der Waals surface area (Å²) in [4.78, 5) is 29.5. The van der Waals surface area contributed by atoms with Crippen molar-refractivity contribution in [3.05, 3.63) is 96.1 Å². The molecule has 174 valence electrons. The van der Waals surface area contributed by atoms with Crippen LogP contribution in [0.2, 0.25) is 0 Å². The van der Waals surface area contributed by atoms with Crippen molar-refractivity contribution in [2.45, 2.75) is 31.2 Å². The van der Waals surface area contributed by atoms with Crippen LogP contribution in [0.3, 0.4) is 0 Å². The zero-order valence-electron chi connectivity index (χ0n) is 19.0. The molecular weight excluding hydrogens is 428 g/mol. The van der Waals surface area contributed by atoms with E-state index in [0.29, 0.717) is 18.4 Å². The van der Waals surface area contributed by atoms with Gasteiger partial charge in [-0.1, -0.05) is 72.8 Å². The summed E-state index contributed by atoms with van der Waals surface area (Å²) >= 11 is 0. The maximum atomic E-state index is 13.6. The summed E-state index contributed by atoms with van der Waals surface area (Å²) in [6.45, 7) is 2.31. The van der Waals surface area contributed by atoms with E-state index in [-0.39, 0.29) is 12.5 Å². The van der Waals surface area contributed by atoms with Crippen molar-refractivity contribution in [3.63, 3.8) is 0 Å². The Balaban J connectivity index is 1.35. The average Bonchev–Trinajstić information content (AvgIpc) is 3.25. The number of hydrogen-bond acceptors (Lipinski definition) is 4. The highest BCUT2D eigenvalue weighted by Crippen LogP contribution is 2.39.